The lowest BCUT2D eigenvalue weighted by Gasteiger charge is -2.41. The Morgan fingerprint density at radius 1 is 1.18 bits per heavy atom. The van der Waals surface area contributed by atoms with Crippen molar-refractivity contribution in [2.75, 3.05) is 26.8 Å². The highest BCUT2D eigenvalue weighted by Crippen LogP contribution is 2.56. The van der Waals surface area contributed by atoms with Crippen LogP contribution < -0.4 is 15.1 Å². The molecule has 5 aliphatic rings. The smallest absolute Gasteiger partial charge is 0.341 e. The number of nitrogens with one attached hydrogen (secondary N) is 2. The summed E-state index contributed by atoms with van der Waals surface area (Å²) in [4.78, 5) is 42.5. The van der Waals surface area contributed by atoms with Crippen molar-refractivity contribution in [3.05, 3.63) is 47.5 Å². The third-order valence-corrected chi connectivity index (χ3v) is 12.6. The molecule has 2 N–H and O–H groups in total. The van der Waals surface area contributed by atoms with Crippen molar-refractivity contribution in [2.45, 2.75) is 82.7 Å². The number of nitrogens with zero attached hydrogens (tertiary/aromatic N) is 3. The molecule has 2 aliphatic heterocycles. The van der Waals surface area contributed by atoms with Gasteiger partial charge in [-0.15, -0.1) is 0 Å². The Labute approximate surface area is 264 Å². The lowest BCUT2D eigenvalue weighted by Crippen LogP contribution is -2.63. The Morgan fingerprint density at radius 3 is 2.56 bits per heavy atom. The summed E-state index contributed by atoms with van der Waals surface area (Å²) < 4.78 is 23.3. The molecule has 6 unspecified atom stereocenters. The third-order valence-electron chi connectivity index (χ3n) is 12.6. The molecule has 3 saturated carbocycles. The number of carbonyl (C=O) groups is 3. The van der Waals surface area contributed by atoms with E-state index in [1.54, 1.807) is 31.4 Å². The van der Waals surface area contributed by atoms with Crippen LogP contribution >= 0.6 is 0 Å². The first-order chi connectivity index (χ1) is 21.5. The van der Waals surface area contributed by atoms with E-state index < -0.39 is 17.3 Å². The van der Waals surface area contributed by atoms with Crippen molar-refractivity contribution in [1.29, 1.82) is 0 Å². The van der Waals surface area contributed by atoms with E-state index in [9.17, 15) is 9.59 Å². The number of halogens is 1. The van der Waals surface area contributed by atoms with Gasteiger partial charge in [0.1, 0.15) is 17.8 Å². The molecule has 0 radical (unpaired) electrons. The summed E-state index contributed by atoms with van der Waals surface area (Å²) in [5, 5.41) is 10.5. The molecule has 1 aromatic carbocycles. The van der Waals surface area contributed by atoms with E-state index in [0.717, 1.165) is 38.5 Å². The summed E-state index contributed by atoms with van der Waals surface area (Å²) >= 11 is 0. The number of aryl methyl sites for hydroxylation is 1. The SMILES string of the molecule is CC1C2CC2[N+](C)(c2cc(C3(C(=O)NCC4(C)CCC4)CCOC3)ccc2F)C(=O)[C@@H](NC(=O)c2ccnn2C)C1C1CCC1. The Bertz CT molecular complexity index is 1510. The van der Waals surface area contributed by atoms with Crippen LogP contribution in [0.1, 0.15) is 81.3 Å². The lowest BCUT2D eigenvalue weighted by molar-refractivity contribution is -0.133. The van der Waals surface area contributed by atoms with Crippen molar-refractivity contribution in [3.8, 4) is 0 Å². The number of hydrogen-bond acceptors (Lipinski definition) is 5. The summed E-state index contributed by atoms with van der Waals surface area (Å²) in [6.45, 7) is 5.68. The topological polar surface area (TPSA) is 102 Å². The predicted molar refractivity (Wildman–Crippen MR) is 168 cm³/mol. The first-order valence-electron chi connectivity index (χ1n) is 16.8. The average molecular weight is 621 g/mol. The van der Waals surface area contributed by atoms with E-state index in [-0.39, 0.29) is 63.7 Å². The Kier molecular flexibility index (Phi) is 7.47. The van der Waals surface area contributed by atoms with Crippen molar-refractivity contribution in [1.82, 2.24) is 24.9 Å². The second-order valence-corrected chi connectivity index (χ2v) is 15.2. The molecule has 0 spiro atoms. The maximum atomic E-state index is 16.2. The highest BCUT2D eigenvalue weighted by molar-refractivity contribution is 6.00. The predicted octanol–water partition coefficient (Wildman–Crippen LogP) is 4.24. The minimum absolute atomic E-state index is 0.0298. The molecular weight excluding hydrogens is 573 g/mol. The minimum atomic E-state index is -0.950. The van der Waals surface area contributed by atoms with Crippen LogP contribution in [0.5, 0.6) is 0 Å². The zero-order valence-corrected chi connectivity index (χ0v) is 27.0. The average Bonchev–Trinajstić information content (AvgIpc) is 3.43. The van der Waals surface area contributed by atoms with Gasteiger partial charge in [-0.25, -0.2) is 13.7 Å². The van der Waals surface area contributed by atoms with Crippen LogP contribution in [-0.4, -0.2) is 66.4 Å². The first kappa shape index (κ1) is 30.5. The van der Waals surface area contributed by atoms with Crippen LogP contribution in [0.3, 0.4) is 0 Å². The largest absolute Gasteiger partial charge is 0.380 e. The van der Waals surface area contributed by atoms with Gasteiger partial charge < -0.3 is 15.4 Å². The van der Waals surface area contributed by atoms with Crippen molar-refractivity contribution in [2.24, 2.45) is 36.1 Å². The van der Waals surface area contributed by atoms with Crippen molar-refractivity contribution in [3.63, 3.8) is 0 Å². The van der Waals surface area contributed by atoms with Gasteiger partial charge in [-0.3, -0.25) is 14.3 Å². The number of hydrogen-bond donors (Lipinski definition) is 2. The summed E-state index contributed by atoms with van der Waals surface area (Å²) in [5.41, 5.74) is 0.501. The normalized spacial score (nSPS) is 35.5. The molecule has 2 saturated heterocycles. The first-order valence-corrected chi connectivity index (χ1v) is 16.8. The van der Waals surface area contributed by atoms with Crippen LogP contribution in [0, 0.1) is 34.9 Å². The number of fused-ring (bicyclic) bond motifs is 1. The Morgan fingerprint density at radius 2 is 1.96 bits per heavy atom. The highest BCUT2D eigenvalue weighted by Gasteiger charge is 2.66. The zero-order chi connectivity index (χ0) is 31.7. The van der Waals surface area contributed by atoms with Gasteiger partial charge in [0.25, 0.3) is 5.91 Å². The second kappa shape index (κ2) is 11.0. The van der Waals surface area contributed by atoms with Crippen LogP contribution in [-0.2, 0) is 26.8 Å². The summed E-state index contributed by atoms with van der Waals surface area (Å²) in [7, 11) is 3.53. The van der Waals surface area contributed by atoms with Crippen LogP contribution in [0.2, 0.25) is 0 Å². The molecular formula is C35H47FN5O4+. The van der Waals surface area contributed by atoms with Crippen LogP contribution in [0.25, 0.3) is 0 Å². The fraction of sp³-hybridized carbons (Fsp3) is 0.657. The van der Waals surface area contributed by atoms with Gasteiger partial charge in [0.05, 0.1) is 19.1 Å². The molecule has 10 heteroatoms. The highest BCUT2D eigenvalue weighted by atomic mass is 19.1. The number of amides is 3. The van der Waals surface area contributed by atoms with Crippen LogP contribution in [0.4, 0.5) is 10.1 Å². The summed E-state index contributed by atoms with van der Waals surface area (Å²) in [6, 6.07) is 5.65. The summed E-state index contributed by atoms with van der Waals surface area (Å²) in [6.07, 6.45) is 9.43. The molecule has 9 nitrogen and oxygen atoms in total. The van der Waals surface area contributed by atoms with Crippen LogP contribution in [0.15, 0.2) is 30.5 Å². The molecule has 7 rings (SSSR count). The standard InChI is InChI=1S/C35H46FN5O4/c1-21-24-18-27(24)41(4,32(43)30(29(21)22-7-5-8-22)39-31(42)26-11-15-38-40(26)3)28-17-23(9-10-25(28)36)35(14-16-45-20-35)33(44)37-19-34(2)12-6-13-34/h9-11,15,17,21-22,24,27,29-30H,5-8,12-14,16,18-20H2,1-4H3,(H-,37,39,42,44)/p+1/t21?,24?,27?,29?,30-,35?,41?/m0/s1. The van der Waals surface area contributed by atoms with Crippen molar-refractivity contribution < 1.29 is 23.5 Å². The maximum Gasteiger partial charge on any atom is 0.341 e. The fourth-order valence-electron chi connectivity index (χ4n) is 9.05. The van der Waals surface area contributed by atoms with E-state index >= 15 is 9.18 Å². The van der Waals surface area contributed by atoms with E-state index in [1.165, 1.54) is 17.2 Å². The zero-order valence-electron chi connectivity index (χ0n) is 27.0. The molecule has 3 amide bonds. The van der Waals surface area contributed by atoms with Crippen molar-refractivity contribution >= 4 is 23.4 Å². The number of carbonyl (C=O) groups excluding carboxylic acids is 3. The fourth-order valence-corrected chi connectivity index (χ4v) is 9.05. The molecule has 1 aromatic heterocycles. The monoisotopic (exact) mass is 620 g/mol. The minimum Gasteiger partial charge on any atom is -0.380 e. The number of quaternary nitrogens is 1. The van der Waals surface area contributed by atoms with Gasteiger partial charge >= 0.3 is 5.91 Å². The number of aromatic nitrogens is 2. The number of ether oxygens (including phenoxy) is 1. The lowest BCUT2D eigenvalue weighted by atomic mass is 9.66. The third kappa shape index (κ3) is 4.85. The molecule has 2 aromatic rings. The van der Waals surface area contributed by atoms with E-state index in [1.807, 2.05) is 7.05 Å². The molecule has 0 bridgehead atoms. The number of rotatable bonds is 8. The molecule has 5 fully saturated rings. The van der Waals surface area contributed by atoms with E-state index in [4.69, 9.17) is 4.74 Å². The molecule has 7 atom stereocenters. The molecule has 3 heterocycles. The van der Waals surface area contributed by atoms with Gasteiger partial charge in [-0.2, -0.15) is 5.10 Å². The maximum absolute atomic E-state index is 16.2. The van der Waals surface area contributed by atoms with Gasteiger partial charge in [0, 0.05) is 44.8 Å². The molecule has 45 heavy (non-hydrogen) atoms. The number of benzene rings is 1. The van der Waals surface area contributed by atoms with Gasteiger partial charge in [0.15, 0.2) is 11.5 Å². The Hall–Kier alpha value is -3.11. The Balaban J connectivity index is 1.26. The van der Waals surface area contributed by atoms with Gasteiger partial charge in [-0.1, -0.05) is 45.6 Å². The number of likely N-dealkylation sites (N-methyl/N-ethyl adjacent to an activating group) is 1. The number of likely N-dealkylation sites (tertiary alicyclic amines) is 1. The van der Waals surface area contributed by atoms with Gasteiger partial charge in [-0.05, 0) is 60.1 Å². The quantitative estimate of drug-likeness (QED) is 0.430. The molecule has 242 valence electrons. The molecule has 3 aliphatic carbocycles. The summed E-state index contributed by atoms with van der Waals surface area (Å²) in [5.74, 6) is -0.359. The van der Waals surface area contributed by atoms with Gasteiger partial charge in [0.2, 0.25) is 5.91 Å². The van der Waals surface area contributed by atoms with E-state index in [2.05, 4.69) is 29.6 Å². The van der Waals surface area contributed by atoms with E-state index in [0.29, 0.717) is 36.7 Å². The second-order valence-electron chi connectivity index (χ2n) is 15.2.